The van der Waals surface area contributed by atoms with Crippen molar-refractivity contribution in [1.29, 1.82) is 0 Å². The summed E-state index contributed by atoms with van der Waals surface area (Å²) in [7, 11) is 1.67. The minimum absolute atomic E-state index is 0.125. The lowest BCUT2D eigenvalue weighted by atomic mass is 10.2. The SMILES string of the molecule is COc1ccc2nc(CCCl)n(C(C)c3nccs3)c2c1. The second kappa shape index (κ2) is 6.03. The molecule has 110 valence electrons. The van der Waals surface area contributed by atoms with E-state index in [0.717, 1.165) is 34.0 Å². The maximum atomic E-state index is 5.93. The normalized spacial score (nSPS) is 12.7. The first-order valence-corrected chi connectivity index (χ1v) is 8.16. The number of rotatable bonds is 5. The Balaban J connectivity index is 2.18. The third-order valence-electron chi connectivity index (χ3n) is 3.48. The topological polar surface area (TPSA) is 39.9 Å². The summed E-state index contributed by atoms with van der Waals surface area (Å²) in [4.78, 5) is 9.14. The van der Waals surface area contributed by atoms with Gasteiger partial charge in [0.1, 0.15) is 16.6 Å². The van der Waals surface area contributed by atoms with Crippen molar-refractivity contribution in [2.45, 2.75) is 19.4 Å². The highest BCUT2D eigenvalue weighted by molar-refractivity contribution is 7.09. The number of alkyl halides is 1. The zero-order valence-electron chi connectivity index (χ0n) is 11.9. The van der Waals surface area contributed by atoms with Crippen LogP contribution in [0.2, 0.25) is 0 Å². The molecule has 2 aromatic heterocycles. The summed E-state index contributed by atoms with van der Waals surface area (Å²) in [6, 6.07) is 6.06. The summed E-state index contributed by atoms with van der Waals surface area (Å²) >= 11 is 7.58. The molecule has 0 aliphatic rings. The number of methoxy groups -OCH3 is 1. The summed E-state index contributed by atoms with van der Waals surface area (Å²) in [5.41, 5.74) is 2.01. The van der Waals surface area contributed by atoms with Crippen LogP contribution in [0.4, 0.5) is 0 Å². The van der Waals surface area contributed by atoms with E-state index >= 15 is 0 Å². The van der Waals surface area contributed by atoms with Crippen LogP contribution in [-0.2, 0) is 6.42 Å². The molecule has 0 radical (unpaired) electrons. The molecule has 3 rings (SSSR count). The van der Waals surface area contributed by atoms with Crippen molar-refractivity contribution in [3.8, 4) is 5.75 Å². The molecular formula is C15H16ClN3OS. The third-order valence-corrected chi connectivity index (χ3v) is 4.62. The van der Waals surface area contributed by atoms with Crippen molar-refractivity contribution in [2.75, 3.05) is 13.0 Å². The van der Waals surface area contributed by atoms with E-state index in [2.05, 4.69) is 16.5 Å². The van der Waals surface area contributed by atoms with Gasteiger partial charge in [-0.2, -0.15) is 0 Å². The molecule has 0 aliphatic carbocycles. The van der Waals surface area contributed by atoms with Gasteiger partial charge >= 0.3 is 0 Å². The number of aryl methyl sites for hydroxylation is 1. The van der Waals surface area contributed by atoms with Crippen molar-refractivity contribution >= 4 is 34.0 Å². The number of fused-ring (bicyclic) bond motifs is 1. The maximum Gasteiger partial charge on any atom is 0.121 e. The molecule has 0 N–H and O–H groups in total. The number of aromatic nitrogens is 3. The summed E-state index contributed by atoms with van der Waals surface area (Å²) < 4.78 is 7.54. The Morgan fingerprint density at radius 2 is 2.29 bits per heavy atom. The van der Waals surface area contributed by atoms with Gasteiger partial charge in [-0.1, -0.05) is 0 Å². The first kappa shape index (κ1) is 14.4. The third kappa shape index (κ3) is 2.63. The van der Waals surface area contributed by atoms with Gasteiger partial charge in [-0.3, -0.25) is 0 Å². The van der Waals surface area contributed by atoms with Gasteiger partial charge in [0.25, 0.3) is 0 Å². The van der Waals surface area contributed by atoms with E-state index in [4.69, 9.17) is 21.3 Å². The van der Waals surface area contributed by atoms with Gasteiger partial charge in [0, 0.05) is 29.9 Å². The smallest absolute Gasteiger partial charge is 0.121 e. The number of ether oxygens (including phenoxy) is 1. The monoisotopic (exact) mass is 321 g/mol. The fourth-order valence-electron chi connectivity index (χ4n) is 2.49. The van der Waals surface area contributed by atoms with Crippen LogP contribution in [-0.4, -0.2) is 27.5 Å². The zero-order chi connectivity index (χ0) is 14.8. The van der Waals surface area contributed by atoms with E-state index in [1.807, 2.05) is 29.8 Å². The Bertz CT molecular complexity index is 739. The number of hydrogen-bond acceptors (Lipinski definition) is 4. The molecule has 4 nitrogen and oxygen atoms in total. The first-order chi connectivity index (χ1) is 10.2. The number of hydrogen-bond donors (Lipinski definition) is 0. The van der Waals surface area contributed by atoms with E-state index in [9.17, 15) is 0 Å². The van der Waals surface area contributed by atoms with Crippen molar-refractivity contribution in [2.24, 2.45) is 0 Å². The Hall–Kier alpha value is -1.59. The van der Waals surface area contributed by atoms with E-state index in [0.29, 0.717) is 5.88 Å². The lowest BCUT2D eigenvalue weighted by Crippen LogP contribution is -2.11. The Kier molecular flexibility index (Phi) is 4.12. The highest BCUT2D eigenvalue weighted by atomic mass is 35.5. The molecule has 1 aromatic carbocycles. The second-order valence-electron chi connectivity index (χ2n) is 4.74. The van der Waals surface area contributed by atoms with E-state index < -0.39 is 0 Å². The standard InChI is InChI=1S/C15H16ClN3OS/c1-10(15-17-7-8-21-15)19-13-9-11(20-2)3-4-12(13)18-14(19)5-6-16/h3-4,7-10H,5-6H2,1-2H3. The Labute approximate surface area is 132 Å². The van der Waals surface area contributed by atoms with Crippen molar-refractivity contribution in [3.63, 3.8) is 0 Å². The second-order valence-corrected chi connectivity index (χ2v) is 6.04. The minimum atomic E-state index is 0.125. The van der Waals surface area contributed by atoms with Gasteiger partial charge in [0.15, 0.2) is 0 Å². The van der Waals surface area contributed by atoms with Crippen LogP contribution in [0.5, 0.6) is 5.75 Å². The summed E-state index contributed by atoms with van der Waals surface area (Å²) in [6.07, 6.45) is 2.56. The molecule has 6 heteroatoms. The molecule has 0 aliphatic heterocycles. The number of benzene rings is 1. The van der Waals surface area contributed by atoms with Crippen LogP contribution in [0.3, 0.4) is 0 Å². The predicted molar refractivity (Wildman–Crippen MR) is 86.6 cm³/mol. The van der Waals surface area contributed by atoms with Gasteiger partial charge in [-0.05, 0) is 19.1 Å². The van der Waals surface area contributed by atoms with Gasteiger partial charge < -0.3 is 9.30 Å². The van der Waals surface area contributed by atoms with Gasteiger partial charge in [-0.15, -0.1) is 22.9 Å². The summed E-state index contributed by atoms with van der Waals surface area (Å²) in [6.45, 7) is 2.14. The quantitative estimate of drug-likeness (QED) is 0.669. The molecule has 0 amide bonds. The fraction of sp³-hybridized carbons (Fsp3) is 0.333. The van der Waals surface area contributed by atoms with Crippen molar-refractivity contribution < 1.29 is 4.74 Å². The highest BCUT2D eigenvalue weighted by Gasteiger charge is 2.19. The molecule has 0 saturated carbocycles. The molecule has 0 bridgehead atoms. The molecule has 1 atom stereocenters. The number of imidazole rings is 1. The highest BCUT2D eigenvalue weighted by Crippen LogP contribution is 2.29. The summed E-state index contributed by atoms with van der Waals surface area (Å²) in [5, 5.41) is 3.06. The van der Waals surface area contributed by atoms with Gasteiger partial charge in [-0.25, -0.2) is 9.97 Å². The predicted octanol–water partition coefficient (Wildman–Crippen LogP) is 3.89. The number of halogens is 1. The van der Waals surface area contributed by atoms with Crippen LogP contribution in [0, 0.1) is 0 Å². The average Bonchev–Trinajstić information content (AvgIpc) is 3.13. The Morgan fingerprint density at radius 1 is 1.43 bits per heavy atom. The molecule has 0 saturated heterocycles. The fourth-order valence-corrected chi connectivity index (χ4v) is 3.35. The molecule has 0 spiro atoms. The number of nitrogens with zero attached hydrogens (tertiary/aromatic N) is 3. The van der Waals surface area contributed by atoms with Crippen LogP contribution >= 0.6 is 22.9 Å². The van der Waals surface area contributed by atoms with Crippen LogP contribution in [0.1, 0.15) is 23.8 Å². The Morgan fingerprint density at radius 3 is 2.95 bits per heavy atom. The zero-order valence-corrected chi connectivity index (χ0v) is 13.5. The largest absolute Gasteiger partial charge is 0.497 e. The first-order valence-electron chi connectivity index (χ1n) is 6.74. The lowest BCUT2D eigenvalue weighted by molar-refractivity contribution is 0.415. The lowest BCUT2D eigenvalue weighted by Gasteiger charge is -2.15. The molecule has 2 heterocycles. The van der Waals surface area contributed by atoms with E-state index in [-0.39, 0.29) is 6.04 Å². The van der Waals surface area contributed by atoms with Crippen LogP contribution < -0.4 is 4.74 Å². The van der Waals surface area contributed by atoms with Gasteiger partial charge in [0.05, 0.1) is 24.2 Å². The molecular weight excluding hydrogens is 306 g/mol. The number of thiazole rings is 1. The van der Waals surface area contributed by atoms with Gasteiger partial charge in [0.2, 0.25) is 0 Å². The van der Waals surface area contributed by atoms with Crippen LogP contribution in [0.25, 0.3) is 11.0 Å². The molecule has 21 heavy (non-hydrogen) atoms. The molecule has 1 unspecified atom stereocenters. The molecule has 3 aromatic rings. The van der Waals surface area contributed by atoms with Crippen LogP contribution in [0.15, 0.2) is 29.8 Å². The maximum absolute atomic E-state index is 5.93. The van der Waals surface area contributed by atoms with Crippen molar-refractivity contribution in [3.05, 3.63) is 40.6 Å². The molecule has 0 fully saturated rings. The van der Waals surface area contributed by atoms with E-state index in [1.165, 1.54) is 0 Å². The minimum Gasteiger partial charge on any atom is -0.497 e. The van der Waals surface area contributed by atoms with E-state index in [1.54, 1.807) is 18.4 Å². The average molecular weight is 322 g/mol. The summed E-state index contributed by atoms with van der Waals surface area (Å²) in [5.74, 6) is 2.36. The van der Waals surface area contributed by atoms with Crippen molar-refractivity contribution in [1.82, 2.24) is 14.5 Å².